The number of nitriles is 2. The van der Waals surface area contributed by atoms with Gasteiger partial charge in [-0.1, -0.05) is 0 Å². The lowest BCUT2D eigenvalue weighted by Crippen LogP contribution is -2.06. The zero-order valence-corrected chi connectivity index (χ0v) is 10.9. The molecule has 19 heavy (non-hydrogen) atoms. The Labute approximate surface area is 112 Å². The van der Waals surface area contributed by atoms with Gasteiger partial charge in [-0.05, 0) is 26.0 Å². The minimum Gasteiger partial charge on any atom is -0.466 e. The fraction of sp³-hybridized carbons (Fsp3) is 0.357. The van der Waals surface area contributed by atoms with Crippen molar-refractivity contribution in [3.05, 3.63) is 34.8 Å². The Bertz CT molecular complexity index is 526. The molecule has 98 valence electrons. The van der Waals surface area contributed by atoms with Crippen LogP contribution in [-0.4, -0.2) is 12.6 Å². The summed E-state index contributed by atoms with van der Waals surface area (Å²) < 4.78 is 10.3. The molecule has 0 unspecified atom stereocenters. The van der Waals surface area contributed by atoms with Crippen LogP contribution in [0.1, 0.15) is 26.7 Å². The summed E-state index contributed by atoms with van der Waals surface area (Å²) >= 11 is 0. The Morgan fingerprint density at radius 3 is 2.63 bits per heavy atom. The van der Waals surface area contributed by atoms with Gasteiger partial charge >= 0.3 is 5.97 Å². The lowest BCUT2D eigenvalue weighted by molar-refractivity contribution is -0.143. The van der Waals surface area contributed by atoms with Crippen molar-refractivity contribution in [2.24, 2.45) is 0 Å². The molecule has 0 atom stereocenters. The van der Waals surface area contributed by atoms with E-state index in [4.69, 9.17) is 20.0 Å². The molecule has 5 nitrogen and oxygen atoms in total. The first-order valence-corrected chi connectivity index (χ1v) is 5.87. The van der Waals surface area contributed by atoms with Crippen LogP contribution in [0.2, 0.25) is 0 Å². The highest BCUT2D eigenvalue weighted by Crippen LogP contribution is 2.24. The molecule has 0 aromatic carbocycles. The maximum Gasteiger partial charge on any atom is 0.306 e. The molecule has 1 aliphatic heterocycles. The summed E-state index contributed by atoms with van der Waals surface area (Å²) in [6, 6.07) is 3.66. The highest BCUT2D eigenvalue weighted by atomic mass is 16.5. The van der Waals surface area contributed by atoms with Gasteiger partial charge in [0.25, 0.3) is 0 Å². The molecule has 1 rings (SSSR count). The molecule has 0 bridgehead atoms. The Balaban J connectivity index is 2.82. The molecule has 1 heterocycles. The third kappa shape index (κ3) is 4.33. The van der Waals surface area contributed by atoms with Crippen LogP contribution in [0.25, 0.3) is 0 Å². The van der Waals surface area contributed by atoms with Gasteiger partial charge in [0.2, 0.25) is 0 Å². The monoisotopic (exact) mass is 258 g/mol. The quantitative estimate of drug-likeness (QED) is 0.571. The Morgan fingerprint density at radius 1 is 1.37 bits per heavy atom. The van der Waals surface area contributed by atoms with Gasteiger partial charge in [0, 0.05) is 12.0 Å². The van der Waals surface area contributed by atoms with Crippen LogP contribution in [-0.2, 0) is 14.3 Å². The smallest absolute Gasteiger partial charge is 0.306 e. The molecule has 0 saturated heterocycles. The summed E-state index contributed by atoms with van der Waals surface area (Å²) in [4.78, 5) is 11.3. The molecule has 1 aliphatic rings. The minimum absolute atomic E-state index is 0.0243. The van der Waals surface area contributed by atoms with Crippen molar-refractivity contribution in [2.75, 3.05) is 6.61 Å². The highest BCUT2D eigenvalue weighted by molar-refractivity contribution is 5.69. The maximum absolute atomic E-state index is 11.3. The number of hydrogen-bond donors (Lipinski definition) is 0. The van der Waals surface area contributed by atoms with Gasteiger partial charge in [-0.15, -0.1) is 0 Å². The van der Waals surface area contributed by atoms with Crippen molar-refractivity contribution in [1.82, 2.24) is 0 Å². The van der Waals surface area contributed by atoms with Crippen molar-refractivity contribution in [1.29, 1.82) is 10.5 Å². The molecule has 0 aromatic heterocycles. The molecule has 0 spiro atoms. The Kier molecular flexibility index (Phi) is 5.37. The van der Waals surface area contributed by atoms with E-state index >= 15 is 0 Å². The predicted molar refractivity (Wildman–Crippen MR) is 67.0 cm³/mol. The van der Waals surface area contributed by atoms with Crippen LogP contribution in [0.3, 0.4) is 0 Å². The summed E-state index contributed by atoms with van der Waals surface area (Å²) in [6.07, 6.45) is 3.80. The zero-order valence-electron chi connectivity index (χ0n) is 10.9. The van der Waals surface area contributed by atoms with Crippen molar-refractivity contribution in [2.45, 2.75) is 26.7 Å². The summed E-state index contributed by atoms with van der Waals surface area (Å²) in [7, 11) is 0. The first kappa shape index (κ1) is 14.5. The van der Waals surface area contributed by atoms with Crippen LogP contribution < -0.4 is 0 Å². The van der Waals surface area contributed by atoms with E-state index < -0.39 is 0 Å². The number of esters is 1. The third-order valence-corrected chi connectivity index (χ3v) is 2.36. The SMILES string of the molecule is CCOC(=O)CCC1=CC(=C(C#N)C#N)C=C(C)O1. The summed E-state index contributed by atoms with van der Waals surface area (Å²) in [5, 5.41) is 17.7. The van der Waals surface area contributed by atoms with Gasteiger partial charge in [-0.2, -0.15) is 10.5 Å². The third-order valence-electron chi connectivity index (χ3n) is 2.36. The van der Waals surface area contributed by atoms with Gasteiger partial charge in [0.05, 0.1) is 13.0 Å². The molecule has 0 aliphatic carbocycles. The fourth-order valence-corrected chi connectivity index (χ4v) is 1.58. The molecule has 0 saturated carbocycles. The first-order valence-electron chi connectivity index (χ1n) is 5.87. The van der Waals surface area contributed by atoms with Gasteiger partial charge in [0.1, 0.15) is 29.2 Å². The van der Waals surface area contributed by atoms with E-state index in [2.05, 4.69) is 0 Å². The summed E-state index contributed by atoms with van der Waals surface area (Å²) in [6.45, 7) is 3.81. The van der Waals surface area contributed by atoms with Crippen LogP contribution in [0, 0.1) is 22.7 Å². The second-order valence-corrected chi connectivity index (χ2v) is 3.83. The molecule has 0 aromatic rings. The number of carbonyl (C=O) groups excluding carboxylic acids is 1. The van der Waals surface area contributed by atoms with Crippen LogP contribution in [0.5, 0.6) is 0 Å². The van der Waals surface area contributed by atoms with Gasteiger partial charge < -0.3 is 9.47 Å². The van der Waals surface area contributed by atoms with Crippen LogP contribution in [0.4, 0.5) is 0 Å². The number of nitrogens with zero attached hydrogens (tertiary/aromatic N) is 2. The molecular formula is C14H14N2O3. The van der Waals surface area contributed by atoms with E-state index in [1.54, 1.807) is 26.0 Å². The normalized spacial score (nSPS) is 13.4. The number of rotatable bonds is 4. The van der Waals surface area contributed by atoms with Gasteiger partial charge in [-0.25, -0.2) is 0 Å². The molecular weight excluding hydrogens is 244 g/mol. The minimum atomic E-state index is -0.300. The Hall–Kier alpha value is -2.53. The van der Waals surface area contributed by atoms with E-state index in [1.807, 2.05) is 12.1 Å². The van der Waals surface area contributed by atoms with Gasteiger partial charge in [0.15, 0.2) is 0 Å². The molecule has 0 N–H and O–H groups in total. The molecule has 0 radical (unpaired) electrons. The van der Waals surface area contributed by atoms with E-state index in [1.165, 1.54) is 0 Å². The van der Waals surface area contributed by atoms with Crippen LogP contribution >= 0.6 is 0 Å². The lowest BCUT2D eigenvalue weighted by atomic mass is 10.1. The average molecular weight is 258 g/mol. The van der Waals surface area contributed by atoms with E-state index in [-0.39, 0.29) is 18.0 Å². The lowest BCUT2D eigenvalue weighted by Gasteiger charge is -2.15. The zero-order chi connectivity index (χ0) is 14.3. The van der Waals surface area contributed by atoms with Gasteiger partial charge in [-0.3, -0.25) is 4.79 Å². The fourth-order valence-electron chi connectivity index (χ4n) is 1.58. The molecule has 0 fully saturated rings. The second kappa shape index (κ2) is 7.03. The van der Waals surface area contributed by atoms with E-state index in [9.17, 15) is 4.79 Å². The summed E-state index contributed by atoms with van der Waals surface area (Å²) in [5.41, 5.74) is 0.531. The number of ether oxygens (including phenoxy) is 2. The van der Waals surface area contributed by atoms with Crippen LogP contribution in [0.15, 0.2) is 34.8 Å². The van der Waals surface area contributed by atoms with Crippen molar-refractivity contribution >= 4 is 5.97 Å². The van der Waals surface area contributed by atoms with E-state index in [0.29, 0.717) is 30.1 Å². The number of allylic oxidation sites excluding steroid dienone is 6. The average Bonchev–Trinajstić information content (AvgIpc) is 2.38. The number of carbonyl (C=O) groups is 1. The predicted octanol–water partition coefficient (Wildman–Crippen LogP) is 2.49. The van der Waals surface area contributed by atoms with Crippen molar-refractivity contribution in [3.8, 4) is 12.1 Å². The Morgan fingerprint density at radius 2 is 2.05 bits per heavy atom. The highest BCUT2D eigenvalue weighted by Gasteiger charge is 2.13. The standard InChI is InChI=1S/C14H14N2O3/c1-3-18-14(17)5-4-13-7-11(6-10(2)19-13)12(8-15)9-16/h6-7H,3-5H2,1-2H3. The maximum atomic E-state index is 11.3. The topological polar surface area (TPSA) is 83.1 Å². The molecule has 5 heteroatoms. The first-order chi connectivity index (χ1) is 9.10. The largest absolute Gasteiger partial charge is 0.466 e. The number of hydrogen-bond acceptors (Lipinski definition) is 5. The van der Waals surface area contributed by atoms with E-state index in [0.717, 1.165) is 0 Å². The van der Waals surface area contributed by atoms with Crippen molar-refractivity contribution < 1.29 is 14.3 Å². The molecule has 0 amide bonds. The second-order valence-electron chi connectivity index (χ2n) is 3.83. The summed E-state index contributed by atoms with van der Waals surface area (Å²) in [5.74, 6) is 0.830. The van der Waals surface area contributed by atoms with Crippen molar-refractivity contribution in [3.63, 3.8) is 0 Å².